The Balaban J connectivity index is 1.99. The normalized spacial score (nSPS) is 15.1. The highest BCUT2D eigenvalue weighted by Crippen LogP contribution is 2.35. The second kappa shape index (κ2) is 5.52. The number of aromatic carboxylic acids is 1. The molecular formula is C15H17NO3S. The molecule has 1 heterocycles. The quantitative estimate of drug-likeness (QED) is 0.858. The van der Waals surface area contributed by atoms with E-state index >= 15 is 0 Å². The first-order valence-electron chi connectivity index (χ1n) is 6.79. The van der Waals surface area contributed by atoms with E-state index in [0.29, 0.717) is 24.0 Å². The van der Waals surface area contributed by atoms with Gasteiger partial charge in [0, 0.05) is 23.8 Å². The van der Waals surface area contributed by atoms with Gasteiger partial charge in [-0.05, 0) is 29.9 Å². The minimum Gasteiger partial charge on any atom is -0.477 e. The first kappa shape index (κ1) is 13.5. The third-order valence-corrected chi connectivity index (χ3v) is 4.91. The van der Waals surface area contributed by atoms with Crippen LogP contribution in [0.2, 0.25) is 0 Å². The predicted octanol–water partition coefficient (Wildman–Crippen LogP) is 2.56. The number of aliphatic hydroxyl groups excluding tert-OH is 1. The number of aliphatic hydroxyl groups is 1. The number of rotatable bonds is 6. The minimum absolute atomic E-state index is 0.112. The van der Waals surface area contributed by atoms with Gasteiger partial charge >= 0.3 is 5.97 Å². The first-order valence-corrected chi connectivity index (χ1v) is 7.61. The molecule has 0 aliphatic heterocycles. The van der Waals surface area contributed by atoms with Crippen molar-refractivity contribution in [1.82, 2.24) is 4.90 Å². The van der Waals surface area contributed by atoms with Gasteiger partial charge in [-0.1, -0.05) is 18.2 Å². The van der Waals surface area contributed by atoms with Crippen LogP contribution < -0.4 is 0 Å². The molecule has 4 nitrogen and oxygen atoms in total. The number of hydrogen-bond acceptors (Lipinski definition) is 4. The van der Waals surface area contributed by atoms with E-state index in [-0.39, 0.29) is 6.61 Å². The topological polar surface area (TPSA) is 60.8 Å². The number of carboxylic acid groups (broad SMARTS) is 1. The Hall–Kier alpha value is -1.43. The molecule has 1 aromatic carbocycles. The van der Waals surface area contributed by atoms with Crippen LogP contribution in [0.3, 0.4) is 0 Å². The minimum atomic E-state index is -0.860. The maximum absolute atomic E-state index is 11.5. The summed E-state index contributed by atoms with van der Waals surface area (Å²) in [6.45, 7) is 1.33. The van der Waals surface area contributed by atoms with Gasteiger partial charge in [-0.15, -0.1) is 11.3 Å². The van der Waals surface area contributed by atoms with E-state index in [1.807, 2.05) is 24.3 Å². The zero-order chi connectivity index (χ0) is 14.1. The molecule has 0 spiro atoms. The average Bonchev–Trinajstić information content (AvgIpc) is 3.21. The Kier molecular flexibility index (Phi) is 3.74. The third kappa shape index (κ3) is 2.57. The highest BCUT2D eigenvalue weighted by molar-refractivity contribution is 7.21. The van der Waals surface area contributed by atoms with Crippen LogP contribution in [0.4, 0.5) is 0 Å². The molecule has 0 unspecified atom stereocenters. The summed E-state index contributed by atoms with van der Waals surface area (Å²) in [5, 5.41) is 19.6. The molecule has 1 fully saturated rings. The fourth-order valence-corrected chi connectivity index (χ4v) is 3.64. The van der Waals surface area contributed by atoms with E-state index in [9.17, 15) is 15.0 Å². The van der Waals surface area contributed by atoms with Gasteiger partial charge in [-0.3, -0.25) is 4.90 Å². The van der Waals surface area contributed by atoms with Crippen molar-refractivity contribution in [2.45, 2.75) is 25.4 Å². The number of benzene rings is 1. The van der Waals surface area contributed by atoms with Gasteiger partial charge in [-0.25, -0.2) is 4.79 Å². The van der Waals surface area contributed by atoms with E-state index in [4.69, 9.17) is 0 Å². The first-order chi connectivity index (χ1) is 9.70. The molecule has 0 saturated heterocycles. The van der Waals surface area contributed by atoms with Crippen molar-refractivity contribution in [3.05, 3.63) is 34.7 Å². The molecule has 5 heteroatoms. The van der Waals surface area contributed by atoms with Crippen molar-refractivity contribution in [1.29, 1.82) is 0 Å². The maximum Gasteiger partial charge on any atom is 0.346 e. The largest absolute Gasteiger partial charge is 0.477 e. The van der Waals surface area contributed by atoms with Crippen molar-refractivity contribution in [3.8, 4) is 0 Å². The Labute approximate surface area is 121 Å². The fraction of sp³-hybridized carbons (Fsp3) is 0.400. The van der Waals surface area contributed by atoms with Gasteiger partial charge < -0.3 is 10.2 Å². The monoisotopic (exact) mass is 291 g/mol. The third-order valence-electron chi connectivity index (χ3n) is 3.70. The van der Waals surface area contributed by atoms with E-state index < -0.39 is 5.97 Å². The van der Waals surface area contributed by atoms with Crippen LogP contribution in [0, 0.1) is 0 Å². The number of hydrogen-bond donors (Lipinski definition) is 2. The highest BCUT2D eigenvalue weighted by atomic mass is 32.1. The van der Waals surface area contributed by atoms with Gasteiger partial charge in [-0.2, -0.15) is 0 Å². The van der Waals surface area contributed by atoms with Crippen LogP contribution in [-0.4, -0.2) is 40.3 Å². The van der Waals surface area contributed by atoms with Crippen molar-refractivity contribution < 1.29 is 15.0 Å². The second-order valence-electron chi connectivity index (χ2n) is 5.14. The maximum atomic E-state index is 11.5. The lowest BCUT2D eigenvalue weighted by molar-refractivity contribution is 0.0700. The summed E-state index contributed by atoms with van der Waals surface area (Å²) in [5.41, 5.74) is 0.887. The van der Waals surface area contributed by atoms with E-state index in [2.05, 4.69) is 4.90 Å². The lowest BCUT2D eigenvalue weighted by atomic mass is 10.1. The summed E-state index contributed by atoms with van der Waals surface area (Å²) >= 11 is 1.34. The van der Waals surface area contributed by atoms with Crippen molar-refractivity contribution in [3.63, 3.8) is 0 Å². The number of fused-ring (bicyclic) bond motifs is 1. The Morgan fingerprint density at radius 3 is 2.75 bits per heavy atom. The van der Waals surface area contributed by atoms with E-state index in [1.54, 1.807) is 0 Å². The Morgan fingerprint density at radius 2 is 2.10 bits per heavy atom. The van der Waals surface area contributed by atoms with Gasteiger partial charge in [0.15, 0.2) is 0 Å². The zero-order valence-electron chi connectivity index (χ0n) is 11.1. The molecular weight excluding hydrogens is 274 g/mol. The van der Waals surface area contributed by atoms with Gasteiger partial charge in [0.2, 0.25) is 0 Å². The summed E-state index contributed by atoms with van der Waals surface area (Å²) in [4.78, 5) is 14.1. The fourth-order valence-electron chi connectivity index (χ4n) is 2.59. The Bertz CT molecular complexity index is 633. The average molecular weight is 291 g/mol. The number of thiophene rings is 1. The summed E-state index contributed by atoms with van der Waals surface area (Å²) in [6, 6.07) is 8.32. The molecule has 1 aliphatic carbocycles. The van der Waals surface area contributed by atoms with E-state index in [1.165, 1.54) is 11.3 Å². The molecule has 0 amide bonds. The lowest BCUT2D eigenvalue weighted by Crippen LogP contribution is -2.29. The zero-order valence-corrected chi connectivity index (χ0v) is 11.9. The number of carbonyl (C=O) groups is 1. The molecule has 1 aliphatic rings. The van der Waals surface area contributed by atoms with E-state index in [0.717, 1.165) is 28.5 Å². The SMILES string of the molecule is O=C(O)c1sc2ccccc2c1CN(CCO)C1CC1. The van der Waals surface area contributed by atoms with Crippen LogP contribution in [0.1, 0.15) is 28.1 Å². The lowest BCUT2D eigenvalue weighted by Gasteiger charge is -2.21. The molecule has 0 radical (unpaired) electrons. The molecule has 0 atom stereocenters. The molecule has 1 aromatic heterocycles. The van der Waals surface area contributed by atoms with Gasteiger partial charge in [0.1, 0.15) is 4.88 Å². The van der Waals surface area contributed by atoms with Gasteiger partial charge in [0.25, 0.3) is 0 Å². The standard InChI is InChI=1S/C15H17NO3S/c17-8-7-16(10-5-6-10)9-12-11-3-1-2-4-13(11)20-14(12)15(18)19/h1-4,10,17H,5-9H2,(H,18,19). The van der Waals surface area contributed by atoms with Crippen molar-refractivity contribution in [2.24, 2.45) is 0 Å². The molecule has 3 rings (SSSR count). The predicted molar refractivity (Wildman–Crippen MR) is 79.3 cm³/mol. The van der Waals surface area contributed by atoms with Crippen LogP contribution in [0.15, 0.2) is 24.3 Å². The summed E-state index contributed by atoms with van der Waals surface area (Å²) < 4.78 is 1.01. The van der Waals surface area contributed by atoms with Crippen LogP contribution >= 0.6 is 11.3 Å². The smallest absolute Gasteiger partial charge is 0.346 e. The molecule has 1 saturated carbocycles. The van der Waals surface area contributed by atoms with Gasteiger partial charge in [0.05, 0.1) is 6.61 Å². The van der Waals surface area contributed by atoms with Crippen LogP contribution in [0.5, 0.6) is 0 Å². The number of carboxylic acids is 1. The molecule has 20 heavy (non-hydrogen) atoms. The summed E-state index contributed by atoms with van der Waals surface area (Å²) in [6.07, 6.45) is 2.29. The number of nitrogens with zero attached hydrogens (tertiary/aromatic N) is 1. The van der Waals surface area contributed by atoms with Crippen LogP contribution in [0.25, 0.3) is 10.1 Å². The van der Waals surface area contributed by atoms with Crippen LogP contribution in [-0.2, 0) is 6.54 Å². The Morgan fingerprint density at radius 1 is 1.35 bits per heavy atom. The van der Waals surface area contributed by atoms with Crippen molar-refractivity contribution >= 4 is 27.4 Å². The second-order valence-corrected chi connectivity index (χ2v) is 6.19. The van der Waals surface area contributed by atoms with Crippen molar-refractivity contribution in [2.75, 3.05) is 13.2 Å². The molecule has 2 aromatic rings. The molecule has 106 valence electrons. The summed E-state index contributed by atoms with van der Waals surface area (Å²) in [5.74, 6) is -0.860. The molecule has 2 N–H and O–H groups in total. The summed E-state index contributed by atoms with van der Waals surface area (Å²) in [7, 11) is 0. The molecule has 0 bridgehead atoms. The highest BCUT2D eigenvalue weighted by Gasteiger charge is 2.30.